The maximum Gasteiger partial charge on any atom is 0.163 e. The van der Waals surface area contributed by atoms with E-state index in [0.717, 1.165) is 30.4 Å². The number of rotatable bonds is 0. The first-order valence-corrected chi connectivity index (χ1v) is 6.05. The van der Waals surface area contributed by atoms with Crippen LogP contribution in [0.2, 0.25) is 0 Å². The smallest absolute Gasteiger partial charge is 0.163 e. The maximum absolute atomic E-state index is 13.3. The molecule has 0 atom stereocenters. The van der Waals surface area contributed by atoms with Crippen LogP contribution < -0.4 is 0 Å². The van der Waals surface area contributed by atoms with Crippen LogP contribution in [0.5, 0.6) is 0 Å². The summed E-state index contributed by atoms with van der Waals surface area (Å²) in [7, 11) is 0. The van der Waals surface area contributed by atoms with Gasteiger partial charge >= 0.3 is 0 Å². The number of benzene rings is 1. The summed E-state index contributed by atoms with van der Waals surface area (Å²) >= 11 is 0. The van der Waals surface area contributed by atoms with Gasteiger partial charge in [0.25, 0.3) is 0 Å². The van der Waals surface area contributed by atoms with Gasteiger partial charge in [0.05, 0.1) is 0 Å². The normalized spacial score (nSPS) is 22.4. The van der Waals surface area contributed by atoms with E-state index in [1.165, 1.54) is 18.9 Å². The number of ketones is 1. The summed E-state index contributed by atoms with van der Waals surface area (Å²) in [6.07, 6.45) is 6.22. The number of carbonyl (C=O) groups excluding carboxylic acids is 1. The number of carbonyl (C=O) groups is 1. The first-order chi connectivity index (χ1) is 7.71. The number of fused-ring (bicyclic) bond motifs is 2. The fourth-order valence-electron chi connectivity index (χ4n) is 3.39. The van der Waals surface area contributed by atoms with Crippen molar-refractivity contribution < 1.29 is 9.18 Å². The molecule has 2 aliphatic carbocycles. The van der Waals surface area contributed by atoms with Crippen molar-refractivity contribution in [3.05, 3.63) is 35.1 Å². The molecule has 84 valence electrons. The Balaban J connectivity index is 2.18. The monoisotopic (exact) mass is 218 g/mol. The van der Waals surface area contributed by atoms with Gasteiger partial charge in [0.1, 0.15) is 5.82 Å². The van der Waals surface area contributed by atoms with Gasteiger partial charge in [-0.3, -0.25) is 4.79 Å². The molecule has 3 rings (SSSR count). The molecular weight excluding hydrogens is 203 g/mol. The molecule has 2 aliphatic rings. The highest BCUT2D eigenvalue weighted by Crippen LogP contribution is 2.48. The van der Waals surface area contributed by atoms with Gasteiger partial charge in [-0.25, -0.2) is 4.39 Å². The van der Waals surface area contributed by atoms with E-state index in [4.69, 9.17) is 0 Å². The Morgan fingerprint density at radius 2 is 1.88 bits per heavy atom. The second-order valence-electron chi connectivity index (χ2n) is 5.10. The second kappa shape index (κ2) is 3.41. The van der Waals surface area contributed by atoms with Crippen LogP contribution in [0.1, 0.15) is 54.4 Å². The lowest BCUT2D eigenvalue weighted by molar-refractivity contribution is 0.0951. The summed E-state index contributed by atoms with van der Waals surface area (Å²) in [6.45, 7) is 0. The molecule has 1 nitrogen and oxygen atoms in total. The molecule has 0 saturated heterocycles. The molecule has 0 radical (unpaired) electrons. The van der Waals surface area contributed by atoms with E-state index in [0.29, 0.717) is 6.42 Å². The Morgan fingerprint density at radius 1 is 1.12 bits per heavy atom. The van der Waals surface area contributed by atoms with E-state index in [-0.39, 0.29) is 17.0 Å². The standard InChI is InChI=1S/C14H15FO/c15-10-3-4-11-12(9-10)14(6-1-2-7-14)8-5-13(11)16/h3-4,9H,1-2,5-8H2. The van der Waals surface area contributed by atoms with Crippen molar-refractivity contribution in [2.24, 2.45) is 0 Å². The van der Waals surface area contributed by atoms with Crippen molar-refractivity contribution in [2.75, 3.05) is 0 Å². The van der Waals surface area contributed by atoms with Gasteiger partial charge < -0.3 is 0 Å². The Morgan fingerprint density at radius 3 is 2.62 bits per heavy atom. The summed E-state index contributed by atoms with van der Waals surface area (Å²) in [6, 6.07) is 4.68. The molecule has 0 amide bonds. The summed E-state index contributed by atoms with van der Waals surface area (Å²) in [5.41, 5.74) is 1.88. The van der Waals surface area contributed by atoms with Crippen molar-refractivity contribution in [3.8, 4) is 0 Å². The second-order valence-corrected chi connectivity index (χ2v) is 5.10. The zero-order valence-electron chi connectivity index (χ0n) is 9.26. The SMILES string of the molecule is O=C1CCC2(CCCC2)c2cc(F)ccc21. The molecule has 0 heterocycles. The molecule has 1 spiro atoms. The molecule has 16 heavy (non-hydrogen) atoms. The number of hydrogen-bond acceptors (Lipinski definition) is 1. The van der Waals surface area contributed by atoms with Crippen molar-refractivity contribution in [1.29, 1.82) is 0 Å². The van der Waals surface area contributed by atoms with E-state index in [1.807, 2.05) is 0 Å². The Labute approximate surface area is 94.7 Å². The van der Waals surface area contributed by atoms with Crippen LogP contribution in [0.3, 0.4) is 0 Å². The minimum absolute atomic E-state index is 0.116. The topological polar surface area (TPSA) is 17.1 Å². The van der Waals surface area contributed by atoms with Crippen LogP contribution in [0.15, 0.2) is 18.2 Å². The third-order valence-corrected chi connectivity index (χ3v) is 4.24. The lowest BCUT2D eigenvalue weighted by Crippen LogP contribution is -2.30. The predicted molar refractivity (Wildman–Crippen MR) is 60.1 cm³/mol. The van der Waals surface area contributed by atoms with Gasteiger partial charge in [-0.15, -0.1) is 0 Å². The first-order valence-electron chi connectivity index (χ1n) is 6.05. The van der Waals surface area contributed by atoms with E-state index in [9.17, 15) is 9.18 Å². The van der Waals surface area contributed by atoms with Gasteiger partial charge in [0.2, 0.25) is 0 Å². The zero-order valence-corrected chi connectivity index (χ0v) is 9.26. The molecule has 0 aromatic heterocycles. The molecule has 1 fully saturated rings. The number of Topliss-reactive ketones (excluding diaryl/α,β-unsaturated/α-hetero) is 1. The molecule has 1 saturated carbocycles. The fraction of sp³-hybridized carbons (Fsp3) is 0.500. The average Bonchev–Trinajstić information content (AvgIpc) is 2.74. The highest BCUT2D eigenvalue weighted by atomic mass is 19.1. The quantitative estimate of drug-likeness (QED) is 0.650. The molecule has 2 heteroatoms. The van der Waals surface area contributed by atoms with Crippen LogP contribution in [0, 0.1) is 5.82 Å². The average molecular weight is 218 g/mol. The predicted octanol–water partition coefficient (Wildman–Crippen LogP) is 3.61. The summed E-state index contributed by atoms with van der Waals surface area (Å²) < 4.78 is 13.3. The van der Waals surface area contributed by atoms with Crippen molar-refractivity contribution in [2.45, 2.75) is 43.9 Å². The van der Waals surface area contributed by atoms with Crippen LogP contribution in [-0.2, 0) is 5.41 Å². The van der Waals surface area contributed by atoms with Gasteiger partial charge in [-0.2, -0.15) is 0 Å². The minimum Gasteiger partial charge on any atom is -0.294 e. The van der Waals surface area contributed by atoms with Crippen LogP contribution in [0.25, 0.3) is 0 Å². The summed E-state index contributed by atoms with van der Waals surface area (Å²) in [5, 5.41) is 0. The maximum atomic E-state index is 13.3. The molecule has 1 aromatic rings. The Kier molecular flexibility index (Phi) is 2.13. The number of hydrogen-bond donors (Lipinski definition) is 0. The molecule has 0 N–H and O–H groups in total. The van der Waals surface area contributed by atoms with Crippen LogP contribution in [-0.4, -0.2) is 5.78 Å². The van der Waals surface area contributed by atoms with E-state index < -0.39 is 0 Å². The Hall–Kier alpha value is -1.18. The van der Waals surface area contributed by atoms with Crippen molar-refractivity contribution in [1.82, 2.24) is 0 Å². The molecule has 0 bridgehead atoms. The lowest BCUT2D eigenvalue weighted by Gasteiger charge is -2.35. The van der Waals surface area contributed by atoms with Crippen LogP contribution >= 0.6 is 0 Å². The van der Waals surface area contributed by atoms with Gasteiger partial charge in [-0.05, 0) is 48.4 Å². The minimum atomic E-state index is -0.209. The van der Waals surface area contributed by atoms with Crippen molar-refractivity contribution >= 4 is 5.78 Å². The third-order valence-electron chi connectivity index (χ3n) is 4.24. The molecule has 0 aliphatic heterocycles. The van der Waals surface area contributed by atoms with Crippen molar-refractivity contribution in [3.63, 3.8) is 0 Å². The van der Waals surface area contributed by atoms with Gasteiger partial charge in [0, 0.05) is 12.0 Å². The van der Waals surface area contributed by atoms with Gasteiger partial charge in [0.15, 0.2) is 5.78 Å². The molecule has 1 aromatic carbocycles. The van der Waals surface area contributed by atoms with E-state index >= 15 is 0 Å². The first kappa shape index (κ1) is 10.0. The third kappa shape index (κ3) is 1.32. The zero-order chi connectivity index (χ0) is 11.2. The van der Waals surface area contributed by atoms with E-state index in [2.05, 4.69) is 0 Å². The largest absolute Gasteiger partial charge is 0.294 e. The molecular formula is C14H15FO. The highest BCUT2D eigenvalue weighted by molar-refractivity contribution is 5.99. The highest BCUT2D eigenvalue weighted by Gasteiger charge is 2.41. The fourth-order valence-corrected chi connectivity index (χ4v) is 3.39. The Bertz CT molecular complexity index is 444. The number of halogens is 1. The van der Waals surface area contributed by atoms with Gasteiger partial charge in [-0.1, -0.05) is 12.8 Å². The van der Waals surface area contributed by atoms with Crippen LogP contribution in [0.4, 0.5) is 4.39 Å². The summed E-state index contributed by atoms with van der Waals surface area (Å²) in [5.74, 6) is -0.0211. The van der Waals surface area contributed by atoms with E-state index in [1.54, 1.807) is 12.1 Å². The summed E-state index contributed by atoms with van der Waals surface area (Å²) in [4.78, 5) is 11.8. The lowest BCUT2D eigenvalue weighted by atomic mass is 9.68. The molecule has 0 unspecified atom stereocenters.